The van der Waals surface area contributed by atoms with Gasteiger partial charge in [-0.05, 0) is 37.2 Å². The Labute approximate surface area is 150 Å². The Kier molecular flexibility index (Phi) is 5.05. The van der Waals surface area contributed by atoms with Crippen molar-refractivity contribution in [1.29, 1.82) is 0 Å². The highest BCUT2D eigenvalue weighted by atomic mass is 32.2. The number of benzene rings is 1. The van der Waals surface area contributed by atoms with Crippen LogP contribution in [0, 0.1) is 0 Å². The van der Waals surface area contributed by atoms with Crippen LogP contribution in [0.5, 0.6) is 0 Å². The maximum Gasteiger partial charge on any atom is 0.277 e. The average Bonchev–Trinajstić information content (AvgIpc) is 2.68. The third-order valence-corrected chi connectivity index (χ3v) is 6.83. The maximum absolute atomic E-state index is 13.0. The molecule has 0 bridgehead atoms. The first kappa shape index (κ1) is 18.5. The summed E-state index contributed by atoms with van der Waals surface area (Å²) in [7, 11) is -4.01. The van der Waals surface area contributed by atoms with Gasteiger partial charge in [0.2, 0.25) is 0 Å². The number of hydrogen-bond acceptors (Lipinski definition) is 7. The third-order valence-electron chi connectivity index (χ3n) is 4.52. The zero-order valence-corrected chi connectivity index (χ0v) is 14.6. The first-order valence-corrected chi connectivity index (χ1v) is 9.57. The monoisotopic (exact) mass is 377 g/mol. The molecule has 1 saturated heterocycles. The van der Waals surface area contributed by atoms with Crippen molar-refractivity contribution in [1.82, 2.24) is 15.8 Å². The summed E-state index contributed by atoms with van der Waals surface area (Å²) in [6.07, 6.45) is 1.68. The lowest BCUT2D eigenvalue weighted by Gasteiger charge is -2.37. The minimum Gasteiger partial charge on any atom is -0.377 e. The summed E-state index contributed by atoms with van der Waals surface area (Å²) in [5.41, 5.74) is 0.551. The molecule has 3 rings (SSSR count). The van der Waals surface area contributed by atoms with Crippen LogP contribution >= 0.6 is 0 Å². The van der Waals surface area contributed by atoms with E-state index in [0.717, 1.165) is 5.56 Å². The lowest BCUT2D eigenvalue weighted by atomic mass is 9.93. The Morgan fingerprint density at radius 1 is 1.23 bits per heavy atom. The fourth-order valence-corrected chi connectivity index (χ4v) is 5.09. The zero-order chi connectivity index (χ0) is 18.8. The number of hydrogen-bond donors (Lipinski definition) is 4. The van der Waals surface area contributed by atoms with Gasteiger partial charge in [-0.15, -0.1) is 0 Å². The molecule has 2 aromatic rings. The number of β-amino-alcohol motifs (C(OH)–C–C–N with tert-alkyl or cyclic N) is 1. The highest BCUT2D eigenvalue weighted by molar-refractivity contribution is 7.92. The number of rotatable bonds is 4. The lowest BCUT2D eigenvalue weighted by Crippen LogP contribution is -2.65. The molecule has 9 heteroatoms. The van der Waals surface area contributed by atoms with Crippen LogP contribution in [0.25, 0.3) is 11.3 Å². The number of amides is 1. The summed E-state index contributed by atoms with van der Waals surface area (Å²) in [5.74, 6) is -1.15. The van der Waals surface area contributed by atoms with Crippen LogP contribution in [-0.2, 0) is 14.6 Å². The summed E-state index contributed by atoms with van der Waals surface area (Å²) in [5, 5.41) is 20.9. The van der Waals surface area contributed by atoms with Crippen LogP contribution in [0.4, 0.5) is 0 Å². The predicted octanol–water partition coefficient (Wildman–Crippen LogP) is 0.121. The maximum atomic E-state index is 13.0. The second-order valence-electron chi connectivity index (χ2n) is 6.10. The Morgan fingerprint density at radius 2 is 1.96 bits per heavy atom. The Hall–Kier alpha value is -2.33. The number of aliphatic hydroxyl groups is 1. The molecule has 2 unspecified atom stereocenters. The average molecular weight is 377 g/mol. The van der Waals surface area contributed by atoms with E-state index in [1.54, 1.807) is 30.5 Å². The van der Waals surface area contributed by atoms with Crippen LogP contribution in [0.1, 0.15) is 6.42 Å². The van der Waals surface area contributed by atoms with Crippen LogP contribution in [-0.4, -0.2) is 53.6 Å². The number of sulfone groups is 1. The SMILES string of the molecule is O=C(NO)C1(O)CNCCC1S(=O)(=O)c1ccc(-c2ccccn2)cc1. The van der Waals surface area contributed by atoms with Gasteiger partial charge < -0.3 is 10.4 Å². The molecular weight excluding hydrogens is 358 g/mol. The van der Waals surface area contributed by atoms with E-state index < -0.39 is 26.6 Å². The number of carbonyl (C=O) groups excluding carboxylic acids is 1. The molecule has 0 spiro atoms. The van der Waals surface area contributed by atoms with Crippen molar-refractivity contribution in [3.8, 4) is 11.3 Å². The number of carbonyl (C=O) groups is 1. The van der Waals surface area contributed by atoms with Crippen molar-refractivity contribution >= 4 is 15.7 Å². The molecule has 0 radical (unpaired) electrons. The number of piperidine rings is 1. The van der Waals surface area contributed by atoms with Gasteiger partial charge in [-0.3, -0.25) is 15.0 Å². The molecule has 1 aliphatic rings. The van der Waals surface area contributed by atoms with Gasteiger partial charge in [0.15, 0.2) is 15.4 Å². The number of pyridine rings is 1. The van der Waals surface area contributed by atoms with E-state index in [4.69, 9.17) is 5.21 Å². The van der Waals surface area contributed by atoms with Crippen molar-refractivity contribution in [2.75, 3.05) is 13.1 Å². The smallest absolute Gasteiger partial charge is 0.277 e. The normalized spacial score (nSPS) is 23.4. The third kappa shape index (κ3) is 3.21. The summed E-state index contributed by atoms with van der Waals surface area (Å²) in [4.78, 5) is 16.1. The topological polar surface area (TPSA) is 129 Å². The highest BCUT2D eigenvalue weighted by Gasteiger charge is 2.52. The van der Waals surface area contributed by atoms with Crippen LogP contribution in [0.3, 0.4) is 0 Å². The predicted molar refractivity (Wildman–Crippen MR) is 93.0 cm³/mol. The van der Waals surface area contributed by atoms with Gasteiger partial charge in [-0.2, -0.15) is 0 Å². The summed E-state index contributed by atoms with van der Waals surface area (Å²) >= 11 is 0. The van der Waals surface area contributed by atoms with E-state index in [-0.39, 0.29) is 17.9 Å². The number of nitrogens with zero attached hydrogens (tertiary/aromatic N) is 1. The largest absolute Gasteiger partial charge is 0.377 e. The first-order chi connectivity index (χ1) is 12.4. The second-order valence-corrected chi connectivity index (χ2v) is 8.23. The number of aromatic nitrogens is 1. The minimum atomic E-state index is -4.01. The zero-order valence-electron chi connectivity index (χ0n) is 13.8. The Bertz CT molecular complexity index is 886. The van der Waals surface area contributed by atoms with Crippen molar-refractivity contribution < 1.29 is 23.5 Å². The molecule has 4 N–H and O–H groups in total. The molecule has 8 nitrogen and oxygen atoms in total. The Balaban J connectivity index is 1.95. The minimum absolute atomic E-state index is 0.00625. The van der Waals surface area contributed by atoms with E-state index in [2.05, 4.69) is 10.3 Å². The number of nitrogens with one attached hydrogen (secondary N) is 2. The molecule has 0 saturated carbocycles. The molecule has 2 heterocycles. The highest BCUT2D eigenvalue weighted by Crippen LogP contribution is 2.30. The van der Waals surface area contributed by atoms with Gasteiger partial charge in [-0.1, -0.05) is 18.2 Å². The standard InChI is InChI=1S/C17H19N3O5S/c21-16(20-23)17(22)11-18-10-8-15(17)26(24,25)13-6-4-12(5-7-13)14-3-1-2-9-19-14/h1-7,9,15,18,22-23H,8,10-11H2,(H,20,21). The molecule has 1 aliphatic heterocycles. The molecule has 1 amide bonds. The van der Waals surface area contributed by atoms with E-state index >= 15 is 0 Å². The molecule has 26 heavy (non-hydrogen) atoms. The van der Waals surface area contributed by atoms with Gasteiger partial charge in [0.05, 0.1) is 10.6 Å². The first-order valence-electron chi connectivity index (χ1n) is 8.02. The van der Waals surface area contributed by atoms with E-state index in [9.17, 15) is 18.3 Å². The fraction of sp³-hybridized carbons (Fsp3) is 0.294. The van der Waals surface area contributed by atoms with Crippen LogP contribution < -0.4 is 10.8 Å². The van der Waals surface area contributed by atoms with Crippen molar-refractivity contribution in [2.24, 2.45) is 0 Å². The van der Waals surface area contributed by atoms with Crippen molar-refractivity contribution in [3.05, 3.63) is 48.7 Å². The summed E-state index contributed by atoms with van der Waals surface area (Å²) in [6, 6.07) is 11.5. The van der Waals surface area contributed by atoms with Crippen LogP contribution in [0.2, 0.25) is 0 Å². The molecule has 2 atom stereocenters. The molecule has 1 aromatic carbocycles. The molecule has 1 fully saturated rings. The molecule has 0 aliphatic carbocycles. The molecule has 138 valence electrons. The van der Waals surface area contributed by atoms with E-state index in [0.29, 0.717) is 12.2 Å². The van der Waals surface area contributed by atoms with Gasteiger partial charge >= 0.3 is 0 Å². The molecular formula is C17H19N3O5S. The van der Waals surface area contributed by atoms with Crippen LogP contribution in [0.15, 0.2) is 53.6 Å². The van der Waals surface area contributed by atoms with E-state index in [1.165, 1.54) is 17.6 Å². The van der Waals surface area contributed by atoms with E-state index in [1.807, 2.05) is 6.07 Å². The summed E-state index contributed by atoms with van der Waals surface area (Å²) < 4.78 is 26.0. The lowest BCUT2D eigenvalue weighted by molar-refractivity contribution is -0.149. The number of hydroxylamine groups is 1. The van der Waals surface area contributed by atoms with Gasteiger partial charge in [0.25, 0.3) is 5.91 Å². The quantitative estimate of drug-likeness (QED) is 0.440. The summed E-state index contributed by atoms with van der Waals surface area (Å²) in [6.45, 7) is 0.0617. The van der Waals surface area contributed by atoms with Gasteiger partial charge in [-0.25, -0.2) is 13.9 Å². The fourth-order valence-electron chi connectivity index (χ4n) is 3.11. The van der Waals surface area contributed by atoms with Gasteiger partial charge in [0, 0.05) is 18.3 Å². The van der Waals surface area contributed by atoms with Gasteiger partial charge in [0.1, 0.15) is 5.25 Å². The van der Waals surface area contributed by atoms with Crippen molar-refractivity contribution in [3.63, 3.8) is 0 Å². The Morgan fingerprint density at radius 3 is 2.58 bits per heavy atom. The second kappa shape index (κ2) is 7.12. The van der Waals surface area contributed by atoms with Crippen molar-refractivity contribution in [2.45, 2.75) is 22.2 Å². The molecule has 1 aromatic heterocycles.